The Morgan fingerprint density at radius 2 is 1.68 bits per heavy atom. The zero-order valence-electron chi connectivity index (χ0n) is 16.4. The van der Waals surface area contributed by atoms with Crippen LogP contribution in [-0.2, 0) is 9.59 Å². The average molecular weight is 378 g/mol. The van der Waals surface area contributed by atoms with Crippen molar-refractivity contribution in [1.82, 2.24) is 4.90 Å². The maximum absolute atomic E-state index is 12.9. The molecule has 1 fully saturated rings. The Balaban J connectivity index is 1.39. The molecule has 0 aromatic heterocycles. The summed E-state index contributed by atoms with van der Waals surface area (Å²) in [6, 6.07) is 13.9. The fraction of sp³-hybridized carbons (Fsp3) is 0.364. The van der Waals surface area contributed by atoms with Crippen LogP contribution in [0.1, 0.15) is 11.1 Å². The number of nitrogens with one attached hydrogen (secondary N) is 1. The van der Waals surface area contributed by atoms with Crippen molar-refractivity contribution in [2.75, 3.05) is 54.4 Å². The second-order valence-corrected chi connectivity index (χ2v) is 7.53. The topological polar surface area (TPSA) is 55.9 Å². The molecule has 0 bridgehead atoms. The lowest BCUT2D eigenvalue weighted by atomic mass is 10.1. The molecular formula is C22H26N4O2. The van der Waals surface area contributed by atoms with Crippen molar-refractivity contribution in [2.24, 2.45) is 0 Å². The molecule has 0 saturated carbocycles. The van der Waals surface area contributed by atoms with Gasteiger partial charge in [-0.15, -0.1) is 0 Å². The van der Waals surface area contributed by atoms with Crippen molar-refractivity contribution in [3.63, 3.8) is 0 Å². The molecule has 2 aliphatic rings. The highest BCUT2D eigenvalue weighted by Crippen LogP contribution is 2.29. The number of anilines is 3. The second-order valence-electron chi connectivity index (χ2n) is 7.53. The smallest absolute Gasteiger partial charge is 0.244 e. The van der Waals surface area contributed by atoms with Crippen molar-refractivity contribution in [1.29, 1.82) is 0 Å². The highest BCUT2D eigenvalue weighted by atomic mass is 16.2. The highest BCUT2D eigenvalue weighted by Gasteiger charge is 2.28. The summed E-state index contributed by atoms with van der Waals surface area (Å²) in [5.41, 5.74) is 5.39. The van der Waals surface area contributed by atoms with Crippen molar-refractivity contribution in [3.8, 4) is 0 Å². The molecule has 2 aromatic carbocycles. The number of benzene rings is 2. The van der Waals surface area contributed by atoms with Gasteiger partial charge < -0.3 is 10.2 Å². The van der Waals surface area contributed by atoms with Crippen LogP contribution in [0.15, 0.2) is 42.5 Å². The molecule has 0 radical (unpaired) electrons. The lowest BCUT2D eigenvalue weighted by Crippen LogP contribution is -2.52. The van der Waals surface area contributed by atoms with E-state index in [0.717, 1.165) is 31.9 Å². The summed E-state index contributed by atoms with van der Waals surface area (Å²) in [6.45, 7) is 8.19. The molecule has 0 aliphatic carbocycles. The first kappa shape index (κ1) is 18.5. The van der Waals surface area contributed by atoms with E-state index >= 15 is 0 Å². The van der Waals surface area contributed by atoms with Crippen LogP contribution < -0.4 is 15.1 Å². The van der Waals surface area contributed by atoms with Crippen molar-refractivity contribution < 1.29 is 9.59 Å². The van der Waals surface area contributed by atoms with E-state index in [0.29, 0.717) is 12.2 Å². The lowest BCUT2D eigenvalue weighted by Gasteiger charge is -2.38. The van der Waals surface area contributed by atoms with Gasteiger partial charge in [0.05, 0.1) is 17.9 Å². The molecule has 1 saturated heterocycles. The first-order valence-electron chi connectivity index (χ1n) is 9.75. The molecule has 2 aliphatic heterocycles. The third kappa shape index (κ3) is 3.60. The van der Waals surface area contributed by atoms with Crippen LogP contribution in [0.2, 0.25) is 0 Å². The number of hydrogen-bond acceptors (Lipinski definition) is 4. The van der Waals surface area contributed by atoms with Gasteiger partial charge in [-0.3, -0.25) is 19.4 Å². The molecule has 28 heavy (non-hydrogen) atoms. The fourth-order valence-electron chi connectivity index (χ4n) is 3.96. The van der Waals surface area contributed by atoms with Crippen LogP contribution in [-0.4, -0.2) is 56.0 Å². The first-order chi connectivity index (χ1) is 13.5. The first-order valence-corrected chi connectivity index (χ1v) is 9.75. The minimum atomic E-state index is -0.146. The van der Waals surface area contributed by atoms with Crippen LogP contribution in [0.4, 0.5) is 17.1 Å². The standard InChI is InChI=1S/C22H26N4O2/c1-16-6-5-9-19(17(16)2)25-12-10-24(11-13-25)15-22(28)26-14-21(27)23-18-7-3-4-8-20(18)26/h3-9H,10-15H2,1-2H3,(H,23,27). The number of nitrogens with zero attached hydrogens (tertiary/aromatic N) is 3. The molecule has 2 amide bonds. The quantitative estimate of drug-likeness (QED) is 0.891. The summed E-state index contributed by atoms with van der Waals surface area (Å²) in [5.74, 6) is -0.172. The van der Waals surface area contributed by atoms with E-state index in [4.69, 9.17) is 0 Å². The number of para-hydroxylation sites is 2. The van der Waals surface area contributed by atoms with Gasteiger partial charge in [-0.25, -0.2) is 0 Å². The fourth-order valence-corrected chi connectivity index (χ4v) is 3.96. The van der Waals surface area contributed by atoms with E-state index in [1.165, 1.54) is 16.8 Å². The van der Waals surface area contributed by atoms with Crippen LogP contribution in [0.25, 0.3) is 0 Å². The number of hydrogen-bond donors (Lipinski definition) is 1. The van der Waals surface area contributed by atoms with Gasteiger partial charge in [-0.05, 0) is 43.2 Å². The minimum Gasteiger partial charge on any atom is -0.369 e. The predicted molar refractivity (Wildman–Crippen MR) is 112 cm³/mol. The maximum atomic E-state index is 12.9. The van der Waals surface area contributed by atoms with E-state index in [2.05, 4.69) is 47.2 Å². The van der Waals surface area contributed by atoms with E-state index in [1.54, 1.807) is 4.90 Å². The molecule has 6 nitrogen and oxygen atoms in total. The molecule has 0 spiro atoms. The van der Waals surface area contributed by atoms with Gasteiger partial charge in [-0.2, -0.15) is 0 Å². The van der Waals surface area contributed by atoms with Crippen molar-refractivity contribution >= 4 is 28.9 Å². The zero-order chi connectivity index (χ0) is 19.7. The zero-order valence-corrected chi connectivity index (χ0v) is 16.4. The number of carbonyl (C=O) groups excluding carboxylic acids is 2. The van der Waals surface area contributed by atoms with Crippen LogP contribution >= 0.6 is 0 Å². The number of amides is 2. The van der Waals surface area contributed by atoms with Gasteiger partial charge in [0.2, 0.25) is 11.8 Å². The molecule has 6 heteroatoms. The average Bonchev–Trinajstić information content (AvgIpc) is 2.70. The Kier molecular flexibility index (Phi) is 5.05. The Hall–Kier alpha value is -2.86. The second kappa shape index (κ2) is 7.64. The van der Waals surface area contributed by atoms with Crippen molar-refractivity contribution in [3.05, 3.63) is 53.6 Å². The van der Waals surface area contributed by atoms with E-state index in [-0.39, 0.29) is 18.4 Å². The monoisotopic (exact) mass is 378 g/mol. The summed E-state index contributed by atoms with van der Waals surface area (Å²) in [7, 11) is 0. The Morgan fingerprint density at radius 3 is 2.46 bits per heavy atom. The summed E-state index contributed by atoms with van der Waals surface area (Å²) in [5, 5.41) is 2.83. The largest absolute Gasteiger partial charge is 0.369 e. The molecular weight excluding hydrogens is 352 g/mol. The summed E-state index contributed by atoms with van der Waals surface area (Å²) in [6.07, 6.45) is 0. The van der Waals surface area contributed by atoms with Crippen LogP contribution in [0.3, 0.4) is 0 Å². The third-order valence-corrected chi connectivity index (χ3v) is 5.72. The third-order valence-electron chi connectivity index (χ3n) is 5.72. The molecule has 2 heterocycles. The molecule has 146 valence electrons. The molecule has 0 unspecified atom stereocenters. The number of rotatable bonds is 3. The number of carbonyl (C=O) groups is 2. The van der Waals surface area contributed by atoms with E-state index < -0.39 is 0 Å². The normalized spacial score (nSPS) is 17.3. The summed E-state index contributed by atoms with van der Waals surface area (Å²) < 4.78 is 0. The van der Waals surface area contributed by atoms with Gasteiger partial charge in [0, 0.05) is 31.9 Å². The number of piperazine rings is 1. The maximum Gasteiger partial charge on any atom is 0.244 e. The van der Waals surface area contributed by atoms with Crippen LogP contribution in [0, 0.1) is 13.8 Å². The number of aryl methyl sites for hydroxylation is 1. The van der Waals surface area contributed by atoms with Gasteiger partial charge in [-0.1, -0.05) is 24.3 Å². The Labute approximate surface area is 165 Å². The van der Waals surface area contributed by atoms with Gasteiger partial charge >= 0.3 is 0 Å². The number of fused-ring (bicyclic) bond motifs is 1. The van der Waals surface area contributed by atoms with Crippen molar-refractivity contribution in [2.45, 2.75) is 13.8 Å². The van der Waals surface area contributed by atoms with E-state index in [1.807, 2.05) is 24.3 Å². The Bertz CT molecular complexity index is 903. The van der Waals surface area contributed by atoms with Crippen LogP contribution in [0.5, 0.6) is 0 Å². The molecule has 4 rings (SSSR count). The molecule has 0 atom stereocenters. The molecule has 2 aromatic rings. The SMILES string of the molecule is Cc1cccc(N2CCN(CC(=O)N3CC(=O)Nc4ccccc43)CC2)c1C. The summed E-state index contributed by atoms with van der Waals surface area (Å²) in [4.78, 5) is 31.1. The van der Waals surface area contributed by atoms with Gasteiger partial charge in [0.25, 0.3) is 0 Å². The Morgan fingerprint density at radius 1 is 0.964 bits per heavy atom. The van der Waals surface area contributed by atoms with E-state index in [9.17, 15) is 9.59 Å². The minimum absolute atomic E-state index is 0.0255. The lowest BCUT2D eigenvalue weighted by molar-refractivity contribution is -0.122. The summed E-state index contributed by atoms with van der Waals surface area (Å²) >= 11 is 0. The van der Waals surface area contributed by atoms with Gasteiger partial charge in [0.1, 0.15) is 6.54 Å². The highest BCUT2D eigenvalue weighted by molar-refractivity contribution is 6.10. The molecule has 1 N–H and O–H groups in total. The van der Waals surface area contributed by atoms with Gasteiger partial charge in [0.15, 0.2) is 0 Å². The predicted octanol–water partition coefficient (Wildman–Crippen LogP) is 2.41.